The number of hydrogen-bond donors (Lipinski definition) is 1. The number of rotatable bonds is 6. The van der Waals surface area contributed by atoms with E-state index in [1.54, 1.807) is 25.1 Å². The summed E-state index contributed by atoms with van der Waals surface area (Å²) in [6.07, 6.45) is 1.16. The van der Waals surface area contributed by atoms with Crippen molar-refractivity contribution in [3.8, 4) is 11.5 Å². The molecule has 0 amide bonds. The molecule has 0 saturated carbocycles. The second kappa shape index (κ2) is 7.68. The van der Waals surface area contributed by atoms with Crippen LogP contribution < -0.4 is 9.04 Å². The summed E-state index contributed by atoms with van der Waals surface area (Å²) >= 11 is 0.794. The third kappa shape index (κ3) is 3.76. The highest BCUT2D eigenvalue weighted by Gasteiger charge is 2.31. The number of methoxy groups -OCH3 is 1. The molecule has 0 bridgehead atoms. The average Bonchev–Trinajstić information content (AvgIpc) is 3.17. The number of phenolic OH excluding ortho intramolecular Hbond substituents is 1. The zero-order valence-corrected chi connectivity index (χ0v) is 16.4. The maximum atomic E-state index is 14.3. The topological polar surface area (TPSA) is 92.6 Å². The normalized spacial score (nSPS) is 11.4. The van der Waals surface area contributed by atoms with Crippen LogP contribution in [-0.4, -0.2) is 30.0 Å². The number of aryl methyl sites for hydroxylation is 1. The van der Waals surface area contributed by atoms with E-state index in [-0.39, 0.29) is 11.7 Å². The molecule has 1 aromatic heterocycles. The molecule has 0 aliphatic heterocycles. The first-order valence-electron chi connectivity index (χ1n) is 7.85. The van der Waals surface area contributed by atoms with Gasteiger partial charge in [0.25, 0.3) is 10.0 Å². The number of nitrogens with zero attached hydrogens (tertiary/aromatic N) is 3. The fraction of sp³-hybridized carbons (Fsp3) is 0.176. The lowest BCUT2D eigenvalue weighted by atomic mass is 10.1. The standard InChI is InChI=1S/C17H15F2N3O4S2/c1-10-5-12(26-2)4-3-11(10)8-22(17-20-9-21-27-17)28(24,25)16-7-13(18)15(23)6-14(16)19/h3-7,9,23H,8H2,1-2H3. The minimum atomic E-state index is -4.54. The molecule has 28 heavy (non-hydrogen) atoms. The Kier molecular flexibility index (Phi) is 5.47. The highest BCUT2D eigenvalue weighted by molar-refractivity contribution is 7.93. The van der Waals surface area contributed by atoms with Gasteiger partial charge in [-0.05, 0) is 30.2 Å². The van der Waals surface area contributed by atoms with Crippen LogP contribution in [0.25, 0.3) is 0 Å². The summed E-state index contributed by atoms with van der Waals surface area (Å²) in [7, 11) is -3.03. The Morgan fingerprint density at radius 3 is 2.57 bits per heavy atom. The van der Waals surface area contributed by atoms with Gasteiger partial charge in [0.1, 0.15) is 22.8 Å². The van der Waals surface area contributed by atoms with E-state index >= 15 is 0 Å². The highest BCUT2D eigenvalue weighted by Crippen LogP contribution is 2.31. The fourth-order valence-corrected chi connectivity index (χ4v) is 4.68. The largest absolute Gasteiger partial charge is 0.505 e. The number of phenols is 1. The van der Waals surface area contributed by atoms with Gasteiger partial charge in [-0.1, -0.05) is 6.07 Å². The maximum absolute atomic E-state index is 14.3. The third-order valence-electron chi connectivity index (χ3n) is 4.00. The van der Waals surface area contributed by atoms with Crippen LogP contribution in [0, 0.1) is 18.6 Å². The Morgan fingerprint density at radius 1 is 1.21 bits per heavy atom. The van der Waals surface area contributed by atoms with Crippen molar-refractivity contribution in [2.24, 2.45) is 0 Å². The molecular weight excluding hydrogens is 412 g/mol. The van der Waals surface area contributed by atoms with Gasteiger partial charge in [0.15, 0.2) is 11.6 Å². The van der Waals surface area contributed by atoms with E-state index in [0.717, 1.165) is 27.7 Å². The summed E-state index contributed by atoms with van der Waals surface area (Å²) in [6, 6.07) is 5.91. The number of benzene rings is 2. The van der Waals surface area contributed by atoms with Gasteiger partial charge in [-0.2, -0.15) is 4.37 Å². The SMILES string of the molecule is COc1ccc(CN(c2ncns2)S(=O)(=O)c2cc(F)c(O)cc2F)c(C)c1. The lowest BCUT2D eigenvalue weighted by Gasteiger charge is -2.23. The number of hydrogen-bond acceptors (Lipinski definition) is 7. The molecule has 3 aromatic rings. The summed E-state index contributed by atoms with van der Waals surface area (Å²) in [6.45, 7) is 1.58. The minimum absolute atomic E-state index is 0.0110. The summed E-state index contributed by atoms with van der Waals surface area (Å²) in [5, 5.41) is 9.27. The Labute approximate surface area is 164 Å². The van der Waals surface area contributed by atoms with Gasteiger partial charge < -0.3 is 9.84 Å². The van der Waals surface area contributed by atoms with E-state index in [1.165, 1.54) is 7.11 Å². The van der Waals surface area contributed by atoms with Gasteiger partial charge in [-0.3, -0.25) is 0 Å². The van der Waals surface area contributed by atoms with E-state index in [2.05, 4.69) is 9.36 Å². The molecule has 1 heterocycles. The average molecular weight is 427 g/mol. The van der Waals surface area contributed by atoms with Crippen LogP contribution in [-0.2, 0) is 16.6 Å². The van der Waals surface area contributed by atoms with Crippen LogP contribution in [0.5, 0.6) is 11.5 Å². The maximum Gasteiger partial charge on any atom is 0.269 e. The van der Waals surface area contributed by atoms with Crippen LogP contribution >= 0.6 is 11.5 Å². The Bertz CT molecular complexity index is 1110. The van der Waals surface area contributed by atoms with E-state index in [1.807, 2.05) is 0 Å². The van der Waals surface area contributed by atoms with Crippen molar-refractivity contribution in [3.05, 3.63) is 59.4 Å². The molecule has 1 N–H and O–H groups in total. The number of aromatic hydroxyl groups is 1. The third-order valence-corrected chi connectivity index (χ3v) is 6.55. The Morgan fingerprint density at radius 2 is 1.96 bits per heavy atom. The van der Waals surface area contributed by atoms with Crippen LogP contribution in [0.3, 0.4) is 0 Å². The first-order valence-corrected chi connectivity index (χ1v) is 10.1. The van der Waals surface area contributed by atoms with Crippen molar-refractivity contribution >= 4 is 26.7 Å². The molecule has 7 nitrogen and oxygen atoms in total. The van der Waals surface area contributed by atoms with Crippen molar-refractivity contribution < 1.29 is 27.0 Å². The van der Waals surface area contributed by atoms with E-state index in [0.29, 0.717) is 23.4 Å². The van der Waals surface area contributed by atoms with Crippen molar-refractivity contribution in [2.45, 2.75) is 18.4 Å². The van der Waals surface area contributed by atoms with Crippen LogP contribution in [0.1, 0.15) is 11.1 Å². The predicted octanol–water partition coefficient (Wildman–Crippen LogP) is 3.23. The highest BCUT2D eigenvalue weighted by atomic mass is 32.2. The second-order valence-corrected chi connectivity index (χ2v) is 8.35. The van der Waals surface area contributed by atoms with Crippen LogP contribution in [0.2, 0.25) is 0 Å². The molecule has 0 atom stereocenters. The molecule has 0 fully saturated rings. The van der Waals surface area contributed by atoms with Gasteiger partial charge in [0.05, 0.1) is 13.7 Å². The molecule has 3 rings (SSSR count). The quantitative estimate of drug-likeness (QED) is 0.649. The second-order valence-electron chi connectivity index (χ2n) is 5.76. The number of halogens is 2. The molecule has 0 spiro atoms. The molecule has 0 radical (unpaired) electrons. The van der Waals surface area contributed by atoms with E-state index in [9.17, 15) is 22.3 Å². The molecule has 11 heteroatoms. The molecule has 0 saturated heterocycles. The lowest BCUT2D eigenvalue weighted by molar-refractivity contribution is 0.414. The van der Waals surface area contributed by atoms with E-state index in [4.69, 9.17) is 4.74 Å². The first kappa shape index (κ1) is 20.0. The van der Waals surface area contributed by atoms with Crippen molar-refractivity contribution in [3.63, 3.8) is 0 Å². The number of ether oxygens (including phenoxy) is 1. The molecule has 0 aliphatic carbocycles. The summed E-state index contributed by atoms with van der Waals surface area (Å²) in [5.41, 5.74) is 1.35. The van der Waals surface area contributed by atoms with Gasteiger partial charge in [-0.15, -0.1) is 0 Å². The molecular formula is C17H15F2N3O4S2. The van der Waals surface area contributed by atoms with Crippen molar-refractivity contribution in [1.29, 1.82) is 0 Å². The molecule has 148 valence electrons. The number of anilines is 1. The van der Waals surface area contributed by atoms with Gasteiger partial charge in [0, 0.05) is 23.7 Å². The fourth-order valence-electron chi connectivity index (χ4n) is 2.49. The smallest absolute Gasteiger partial charge is 0.269 e. The van der Waals surface area contributed by atoms with Gasteiger partial charge in [0.2, 0.25) is 5.13 Å². The predicted molar refractivity (Wildman–Crippen MR) is 99.0 cm³/mol. The van der Waals surface area contributed by atoms with Crippen LogP contribution in [0.15, 0.2) is 41.6 Å². The zero-order valence-electron chi connectivity index (χ0n) is 14.8. The summed E-state index contributed by atoms with van der Waals surface area (Å²) in [4.78, 5) is 2.99. The van der Waals surface area contributed by atoms with Crippen molar-refractivity contribution in [2.75, 3.05) is 11.4 Å². The summed E-state index contributed by atoms with van der Waals surface area (Å²) < 4.78 is 64.0. The molecule has 0 aliphatic rings. The van der Waals surface area contributed by atoms with Crippen molar-refractivity contribution in [1.82, 2.24) is 9.36 Å². The monoisotopic (exact) mass is 427 g/mol. The van der Waals surface area contributed by atoms with E-state index < -0.39 is 32.3 Å². The lowest BCUT2D eigenvalue weighted by Crippen LogP contribution is -2.31. The Balaban J connectivity index is 2.10. The van der Waals surface area contributed by atoms with Gasteiger partial charge >= 0.3 is 0 Å². The van der Waals surface area contributed by atoms with Crippen LogP contribution in [0.4, 0.5) is 13.9 Å². The van der Waals surface area contributed by atoms with Gasteiger partial charge in [-0.25, -0.2) is 26.5 Å². The summed E-state index contributed by atoms with van der Waals surface area (Å²) in [5.74, 6) is -2.92. The minimum Gasteiger partial charge on any atom is -0.505 e. The Hall–Kier alpha value is -2.79. The molecule has 0 unspecified atom stereocenters. The number of sulfonamides is 1. The molecule has 2 aromatic carbocycles. The zero-order chi connectivity index (χ0) is 20.5. The number of aromatic nitrogens is 2. The first-order chi connectivity index (χ1) is 13.2.